The van der Waals surface area contributed by atoms with Gasteiger partial charge in [0.1, 0.15) is 6.04 Å². The molecule has 1 fully saturated rings. The van der Waals surface area contributed by atoms with Gasteiger partial charge >= 0.3 is 0 Å². The van der Waals surface area contributed by atoms with Crippen molar-refractivity contribution in [2.75, 3.05) is 13.7 Å². The molecule has 4 nitrogen and oxygen atoms in total. The third-order valence-electron chi connectivity index (χ3n) is 3.19. The first-order valence-electron chi connectivity index (χ1n) is 5.74. The van der Waals surface area contributed by atoms with Gasteiger partial charge in [-0.3, -0.25) is 4.79 Å². The summed E-state index contributed by atoms with van der Waals surface area (Å²) in [6, 6.07) is -0.210. The molecule has 3 unspecified atom stereocenters. The number of hydrogen-bond donors (Lipinski definition) is 2. The van der Waals surface area contributed by atoms with Crippen molar-refractivity contribution in [2.24, 2.45) is 11.7 Å². The van der Waals surface area contributed by atoms with Crippen LogP contribution in [-0.2, 0) is 9.53 Å². The van der Waals surface area contributed by atoms with Crippen molar-refractivity contribution in [1.29, 1.82) is 0 Å². The van der Waals surface area contributed by atoms with Crippen LogP contribution in [0.3, 0.4) is 0 Å². The Hall–Kier alpha value is -0.320. The van der Waals surface area contributed by atoms with Gasteiger partial charge in [0.25, 0.3) is 0 Å². The summed E-state index contributed by atoms with van der Waals surface area (Å²) in [7, 11) is 1.55. The number of rotatable bonds is 5. The second kappa shape index (κ2) is 7.87. The van der Waals surface area contributed by atoms with Crippen LogP contribution >= 0.6 is 12.4 Å². The van der Waals surface area contributed by atoms with Crippen LogP contribution in [0.15, 0.2) is 0 Å². The van der Waals surface area contributed by atoms with Crippen LogP contribution in [-0.4, -0.2) is 31.7 Å². The van der Waals surface area contributed by atoms with Gasteiger partial charge in [0.2, 0.25) is 5.91 Å². The van der Waals surface area contributed by atoms with Gasteiger partial charge in [-0.05, 0) is 18.8 Å². The number of amides is 1. The van der Waals surface area contributed by atoms with Gasteiger partial charge in [-0.2, -0.15) is 0 Å². The highest BCUT2D eigenvalue weighted by atomic mass is 35.5. The summed E-state index contributed by atoms with van der Waals surface area (Å²) in [4.78, 5) is 11.6. The van der Waals surface area contributed by atoms with Crippen molar-refractivity contribution in [3.05, 3.63) is 0 Å². The average Bonchev–Trinajstić information content (AvgIpc) is 2.65. The zero-order chi connectivity index (χ0) is 11.3. The summed E-state index contributed by atoms with van der Waals surface area (Å²) in [6.07, 6.45) is 4.65. The molecule has 0 aromatic carbocycles. The van der Waals surface area contributed by atoms with Crippen molar-refractivity contribution in [2.45, 2.75) is 44.7 Å². The van der Waals surface area contributed by atoms with Crippen LogP contribution < -0.4 is 11.1 Å². The van der Waals surface area contributed by atoms with Gasteiger partial charge in [0.05, 0.1) is 6.61 Å². The maximum Gasteiger partial charge on any atom is 0.239 e. The predicted molar refractivity (Wildman–Crippen MR) is 66.7 cm³/mol. The number of nitrogens with two attached hydrogens (primary N) is 1. The summed E-state index contributed by atoms with van der Waals surface area (Å²) >= 11 is 0. The van der Waals surface area contributed by atoms with Crippen molar-refractivity contribution < 1.29 is 9.53 Å². The quantitative estimate of drug-likeness (QED) is 0.768. The maximum absolute atomic E-state index is 11.6. The maximum atomic E-state index is 11.6. The number of halogens is 1. The summed E-state index contributed by atoms with van der Waals surface area (Å²) in [5.74, 6) is 0.547. The van der Waals surface area contributed by atoms with E-state index in [1.54, 1.807) is 7.11 Å². The largest absolute Gasteiger partial charge is 0.383 e. The topological polar surface area (TPSA) is 64.4 Å². The van der Waals surface area contributed by atoms with E-state index in [0.29, 0.717) is 12.0 Å². The van der Waals surface area contributed by atoms with Crippen LogP contribution in [0.2, 0.25) is 0 Å². The van der Waals surface area contributed by atoms with E-state index in [1.807, 2.05) is 0 Å². The molecule has 0 aliphatic heterocycles. The van der Waals surface area contributed by atoms with Gasteiger partial charge < -0.3 is 15.8 Å². The number of hydrogen-bond acceptors (Lipinski definition) is 3. The van der Waals surface area contributed by atoms with E-state index in [0.717, 1.165) is 12.8 Å². The lowest BCUT2D eigenvalue weighted by atomic mass is 10.0. The Morgan fingerprint density at radius 3 is 2.81 bits per heavy atom. The van der Waals surface area contributed by atoms with Crippen LogP contribution in [0.25, 0.3) is 0 Å². The molecule has 0 bridgehead atoms. The van der Waals surface area contributed by atoms with Crippen molar-refractivity contribution >= 4 is 18.3 Å². The van der Waals surface area contributed by atoms with Gasteiger partial charge in [0, 0.05) is 13.2 Å². The lowest BCUT2D eigenvalue weighted by Gasteiger charge is -2.21. The summed E-state index contributed by atoms with van der Waals surface area (Å²) in [6.45, 7) is 2.46. The number of methoxy groups -OCH3 is 1. The lowest BCUT2D eigenvalue weighted by molar-refractivity contribution is -0.124. The van der Waals surface area contributed by atoms with Crippen molar-refractivity contribution in [1.82, 2.24) is 5.32 Å². The van der Waals surface area contributed by atoms with Crippen LogP contribution in [0.1, 0.15) is 32.6 Å². The first kappa shape index (κ1) is 15.7. The zero-order valence-corrected chi connectivity index (χ0v) is 10.9. The first-order valence-corrected chi connectivity index (χ1v) is 5.74. The van der Waals surface area contributed by atoms with Gasteiger partial charge in [-0.25, -0.2) is 0 Å². The van der Waals surface area contributed by atoms with E-state index in [1.165, 1.54) is 12.8 Å². The third kappa shape index (κ3) is 4.28. The second-order valence-corrected chi connectivity index (χ2v) is 4.28. The van der Waals surface area contributed by atoms with E-state index >= 15 is 0 Å². The molecule has 0 saturated heterocycles. The zero-order valence-electron chi connectivity index (χ0n) is 10.1. The molecule has 16 heavy (non-hydrogen) atoms. The molecule has 1 rings (SSSR count). The summed E-state index contributed by atoms with van der Waals surface area (Å²) in [5, 5.41) is 3.02. The highest BCUT2D eigenvalue weighted by Gasteiger charge is 2.28. The first-order chi connectivity index (χ1) is 7.19. The Morgan fingerprint density at radius 2 is 2.25 bits per heavy atom. The highest BCUT2D eigenvalue weighted by molar-refractivity contribution is 5.85. The van der Waals surface area contributed by atoms with Crippen LogP contribution in [0.5, 0.6) is 0 Å². The smallest absolute Gasteiger partial charge is 0.239 e. The fourth-order valence-corrected chi connectivity index (χ4v) is 2.26. The van der Waals surface area contributed by atoms with E-state index in [4.69, 9.17) is 10.5 Å². The van der Waals surface area contributed by atoms with E-state index in [2.05, 4.69) is 12.2 Å². The number of nitrogens with one attached hydrogen (secondary N) is 1. The molecule has 1 amide bonds. The molecule has 1 saturated carbocycles. The molecule has 5 heteroatoms. The van der Waals surface area contributed by atoms with Crippen LogP contribution in [0.4, 0.5) is 0 Å². The summed E-state index contributed by atoms with van der Waals surface area (Å²) in [5.41, 5.74) is 5.66. The minimum absolute atomic E-state index is 0. The molecular weight excluding hydrogens is 228 g/mol. The van der Waals surface area contributed by atoms with E-state index < -0.39 is 6.04 Å². The Kier molecular flexibility index (Phi) is 7.72. The monoisotopic (exact) mass is 250 g/mol. The lowest BCUT2D eigenvalue weighted by Crippen LogP contribution is -2.48. The Balaban J connectivity index is 0.00000225. The SMILES string of the molecule is CCC1CCCC1NC(=O)C(N)COC.Cl. The Labute approximate surface area is 104 Å². The van der Waals surface area contributed by atoms with E-state index in [9.17, 15) is 4.79 Å². The molecule has 0 spiro atoms. The molecule has 0 radical (unpaired) electrons. The molecule has 96 valence electrons. The van der Waals surface area contributed by atoms with Crippen molar-refractivity contribution in [3.63, 3.8) is 0 Å². The fraction of sp³-hybridized carbons (Fsp3) is 0.909. The molecule has 0 aromatic rings. The standard InChI is InChI=1S/C11H22N2O2.ClH/c1-3-8-5-4-6-10(8)13-11(14)9(12)7-15-2;/h8-10H,3-7,12H2,1-2H3,(H,13,14);1H. The number of carbonyl (C=O) groups is 1. The second-order valence-electron chi connectivity index (χ2n) is 4.28. The van der Waals surface area contributed by atoms with E-state index in [-0.39, 0.29) is 24.9 Å². The molecule has 3 atom stereocenters. The minimum Gasteiger partial charge on any atom is -0.383 e. The normalized spacial score (nSPS) is 25.9. The minimum atomic E-state index is -0.534. The molecule has 1 aliphatic rings. The molecule has 3 N–H and O–H groups in total. The molecule has 1 aliphatic carbocycles. The third-order valence-corrected chi connectivity index (χ3v) is 3.19. The molecule has 0 aromatic heterocycles. The number of ether oxygens (including phenoxy) is 1. The van der Waals surface area contributed by atoms with Gasteiger partial charge in [-0.1, -0.05) is 19.8 Å². The molecule has 0 heterocycles. The number of carbonyl (C=O) groups excluding carboxylic acids is 1. The molecular formula is C11H23ClN2O2. The average molecular weight is 251 g/mol. The van der Waals surface area contributed by atoms with Gasteiger partial charge in [-0.15, -0.1) is 12.4 Å². The predicted octanol–water partition coefficient (Wildman–Crippen LogP) is 1.08. The fourth-order valence-electron chi connectivity index (χ4n) is 2.26. The summed E-state index contributed by atoms with van der Waals surface area (Å²) < 4.78 is 4.86. The Bertz CT molecular complexity index is 214. The van der Waals surface area contributed by atoms with Crippen molar-refractivity contribution in [3.8, 4) is 0 Å². The highest BCUT2D eigenvalue weighted by Crippen LogP contribution is 2.27. The van der Waals surface area contributed by atoms with Crippen LogP contribution in [0, 0.1) is 5.92 Å². The Morgan fingerprint density at radius 1 is 1.56 bits per heavy atom. The van der Waals surface area contributed by atoms with Gasteiger partial charge in [0.15, 0.2) is 0 Å².